The van der Waals surface area contributed by atoms with E-state index in [4.69, 9.17) is 4.74 Å². The van der Waals surface area contributed by atoms with Crippen LogP contribution in [0, 0.1) is 0 Å². The second-order valence-electron chi connectivity index (χ2n) is 6.67. The average molecular weight is 470 g/mol. The highest BCUT2D eigenvalue weighted by molar-refractivity contribution is 14.0. The number of nitrogens with one attached hydrogen (secondary N) is 1. The van der Waals surface area contributed by atoms with Crippen LogP contribution in [0.4, 0.5) is 0 Å². The predicted octanol–water partition coefficient (Wildman–Crippen LogP) is 2.73. The van der Waals surface area contributed by atoms with Gasteiger partial charge in [-0.15, -0.1) is 24.0 Å². The lowest BCUT2D eigenvalue weighted by molar-refractivity contribution is -0.0502. The average Bonchev–Trinajstić information content (AvgIpc) is 3.08. The molecule has 144 valence electrons. The second kappa shape index (κ2) is 10.9. The number of ether oxygens (including phenoxy) is 1. The zero-order valence-corrected chi connectivity index (χ0v) is 18.1. The van der Waals surface area contributed by atoms with E-state index in [-0.39, 0.29) is 30.1 Å². The quantitative estimate of drug-likeness (QED) is 0.236. The molecule has 0 aromatic heterocycles. The van der Waals surface area contributed by atoms with E-state index in [1.54, 1.807) is 0 Å². The van der Waals surface area contributed by atoms with Gasteiger partial charge in [0, 0.05) is 39.8 Å². The van der Waals surface area contributed by atoms with E-state index < -0.39 is 0 Å². The zero-order chi connectivity index (χ0) is 17.5. The minimum absolute atomic E-state index is 0. The summed E-state index contributed by atoms with van der Waals surface area (Å²) in [6, 6.07) is 11.2. The SMILES string of the molecule is C/C=C/CCNC(=NC)N1CC2OCCN(Cc3ccccc3)C2C1.I. The Bertz CT molecular complexity index is 593. The summed E-state index contributed by atoms with van der Waals surface area (Å²) in [5.41, 5.74) is 1.37. The summed E-state index contributed by atoms with van der Waals surface area (Å²) < 4.78 is 6.06. The largest absolute Gasteiger partial charge is 0.373 e. The first-order chi connectivity index (χ1) is 12.3. The van der Waals surface area contributed by atoms with Gasteiger partial charge < -0.3 is 15.0 Å². The minimum Gasteiger partial charge on any atom is -0.373 e. The molecule has 0 saturated carbocycles. The molecule has 6 heteroatoms. The van der Waals surface area contributed by atoms with Gasteiger partial charge in [-0.1, -0.05) is 42.5 Å². The van der Waals surface area contributed by atoms with Crippen molar-refractivity contribution in [2.45, 2.75) is 32.0 Å². The predicted molar refractivity (Wildman–Crippen MR) is 118 cm³/mol. The summed E-state index contributed by atoms with van der Waals surface area (Å²) in [6.07, 6.45) is 5.55. The van der Waals surface area contributed by atoms with Crippen LogP contribution >= 0.6 is 24.0 Å². The highest BCUT2D eigenvalue weighted by Crippen LogP contribution is 2.24. The molecule has 1 aromatic carbocycles. The van der Waals surface area contributed by atoms with E-state index in [0.29, 0.717) is 6.04 Å². The van der Waals surface area contributed by atoms with Crippen molar-refractivity contribution in [3.63, 3.8) is 0 Å². The number of morpholine rings is 1. The fraction of sp³-hybridized carbons (Fsp3) is 0.550. The van der Waals surface area contributed by atoms with Crippen molar-refractivity contribution in [1.82, 2.24) is 15.1 Å². The summed E-state index contributed by atoms with van der Waals surface area (Å²) in [5.74, 6) is 0.988. The van der Waals surface area contributed by atoms with Crippen LogP contribution in [0.15, 0.2) is 47.5 Å². The van der Waals surface area contributed by atoms with Crippen LogP contribution in [0.5, 0.6) is 0 Å². The number of benzene rings is 1. The number of aliphatic imine (C=N–C) groups is 1. The summed E-state index contributed by atoms with van der Waals surface area (Å²) in [6.45, 7) is 7.66. The van der Waals surface area contributed by atoms with Crippen molar-refractivity contribution < 1.29 is 4.74 Å². The van der Waals surface area contributed by atoms with Crippen molar-refractivity contribution in [1.29, 1.82) is 0 Å². The Morgan fingerprint density at radius 1 is 1.31 bits per heavy atom. The molecule has 26 heavy (non-hydrogen) atoms. The van der Waals surface area contributed by atoms with Gasteiger partial charge in [0.2, 0.25) is 0 Å². The first-order valence-electron chi connectivity index (χ1n) is 9.28. The molecule has 0 aliphatic carbocycles. The van der Waals surface area contributed by atoms with Crippen molar-refractivity contribution in [3.8, 4) is 0 Å². The van der Waals surface area contributed by atoms with E-state index in [2.05, 4.69) is 69.5 Å². The van der Waals surface area contributed by atoms with Gasteiger partial charge in [-0.05, 0) is 18.9 Å². The molecule has 0 amide bonds. The summed E-state index contributed by atoms with van der Waals surface area (Å²) in [4.78, 5) is 9.38. The van der Waals surface area contributed by atoms with Gasteiger partial charge in [-0.25, -0.2) is 0 Å². The lowest BCUT2D eigenvalue weighted by Crippen LogP contribution is -2.50. The van der Waals surface area contributed by atoms with Gasteiger partial charge in [0.1, 0.15) is 0 Å². The number of halogens is 1. The van der Waals surface area contributed by atoms with Crippen LogP contribution in [0.2, 0.25) is 0 Å². The molecule has 1 aromatic rings. The number of likely N-dealkylation sites (tertiary alicyclic amines) is 1. The molecule has 0 radical (unpaired) electrons. The Morgan fingerprint density at radius 2 is 2.12 bits per heavy atom. The lowest BCUT2D eigenvalue weighted by Gasteiger charge is -2.36. The highest BCUT2D eigenvalue weighted by atomic mass is 127. The van der Waals surface area contributed by atoms with E-state index in [1.807, 2.05) is 7.05 Å². The molecule has 1 N–H and O–H groups in total. The Labute approximate surface area is 174 Å². The molecule has 2 atom stereocenters. The van der Waals surface area contributed by atoms with Crippen LogP contribution in [-0.2, 0) is 11.3 Å². The molecule has 2 saturated heterocycles. The summed E-state index contributed by atoms with van der Waals surface area (Å²) in [5, 5.41) is 3.47. The lowest BCUT2D eigenvalue weighted by atomic mass is 10.1. The smallest absolute Gasteiger partial charge is 0.193 e. The molecule has 2 unspecified atom stereocenters. The summed E-state index contributed by atoms with van der Waals surface area (Å²) in [7, 11) is 1.86. The maximum absolute atomic E-state index is 6.06. The third-order valence-corrected chi connectivity index (χ3v) is 4.99. The van der Waals surface area contributed by atoms with Crippen molar-refractivity contribution >= 4 is 29.9 Å². The molecule has 2 heterocycles. The van der Waals surface area contributed by atoms with E-state index in [0.717, 1.165) is 51.7 Å². The number of nitrogens with zero attached hydrogens (tertiary/aromatic N) is 3. The molecule has 0 bridgehead atoms. The molecule has 2 aliphatic heterocycles. The third-order valence-electron chi connectivity index (χ3n) is 4.99. The fourth-order valence-corrected chi connectivity index (χ4v) is 3.71. The van der Waals surface area contributed by atoms with Crippen LogP contribution in [-0.4, -0.2) is 67.7 Å². The molecular formula is C20H31IN4O. The maximum Gasteiger partial charge on any atom is 0.193 e. The summed E-state index contributed by atoms with van der Waals surface area (Å²) >= 11 is 0. The molecule has 5 nitrogen and oxygen atoms in total. The molecule has 2 fully saturated rings. The Morgan fingerprint density at radius 3 is 2.85 bits per heavy atom. The van der Waals surface area contributed by atoms with Gasteiger partial charge in [0.15, 0.2) is 5.96 Å². The Hall–Kier alpha value is -1.12. The van der Waals surface area contributed by atoms with Crippen LogP contribution in [0.25, 0.3) is 0 Å². The van der Waals surface area contributed by atoms with Gasteiger partial charge >= 0.3 is 0 Å². The Kier molecular flexibility index (Phi) is 8.87. The zero-order valence-electron chi connectivity index (χ0n) is 15.8. The highest BCUT2D eigenvalue weighted by Gasteiger charge is 2.41. The number of fused-ring (bicyclic) bond motifs is 1. The Balaban J connectivity index is 0.00000243. The van der Waals surface area contributed by atoms with Crippen molar-refractivity contribution in [3.05, 3.63) is 48.0 Å². The monoisotopic (exact) mass is 470 g/mol. The normalized spacial score (nSPS) is 23.8. The first kappa shape index (κ1) is 21.2. The van der Waals surface area contributed by atoms with Crippen LogP contribution < -0.4 is 5.32 Å². The van der Waals surface area contributed by atoms with E-state index >= 15 is 0 Å². The van der Waals surface area contributed by atoms with Crippen LogP contribution in [0.3, 0.4) is 0 Å². The van der Waals surface area contributed by atoms with Gasteiger partial charge in [-0.2, -0.15) is 0 Å². The topological polar surface area (TPSA) is 40.1 Å². The maximum atomic E-state index is 6.06. The molecule has 2 aliphatic rings. The van der Waals surface area contributed by atoms with Crippen molar-refractivity contribution in [2.75, 3.05) is 39.8 Å². The number of guanidine groups is 1. The molecular weight excluding hydrogens is 439 g/mol. The van der Waals surface area contributed by atoms with Gasteiger partial charge in [0.25, 0.3) is 0 Å². The standard InChI is InChI=1S/C20H30N4O.HI/c1-3-4-8-11-22-20(21-2)24-15-18-19(16-24)25-13-12-23(18)14-17-9-6-5-7-10-17;/h3-7,9-10,18-19H,8,11-16H2,1-2H3,(H,21,22);1H/b4-3+;. The number of hydrogen-bond donors (Lipinski definition) is 1. The third kappa shape index (κ3) is 5.44. The van der Waals surface area contributed by atoms with E-state index in [9.17, 15) is 0 Å². The number of allylic oxidation sites excluding steroid dienone is 1. The first-order valence-corrected chi connectivity index (χ1v) is 9.28. The number of rotatable bonds is 5. The van der Waals surface area contributed by atoms with Gasteiger partial charge in [0.05, 0.1) is 18.8 Å². The minimum atomic E-state index is 0. The molecule has 3 rings (SSSR count). The van der Waals surface area contributed by atoms with Crippen LogP contribution in [0.1, 0.15) is 18.9 Å². The van der Waals surface area contributed by atoms with E-state index in [1.165, 1.54) is 5.56 Å². The number of hydrogen-bond acceptors (Lipinski definition) is 3. The molecule has 0 spiro atoms. The van der Waals surface area contributed by atoms with Crippen molar-refractivity contribution in [2.24, 2.45) is 4.99 Å². The van der Waals surface area contributed by atoms with Gasteiger partial charge in [-0.3, -0.25) is 9.89 Å². The fourth-order valence-electron chi connectivity index (χ4n) is 3.71. The second-order valence-corrected chi connectivity index (χ2v) is 6.67.